The van der Waals surface area contributed by atoms with Gasteiger partial charge in [0.15, 0.2) is 5.96 Å². The van der Waals surface area contributed by atoms with Gasteiger partial charge in [0.25, 0.3) is 0 Å². The molecule has 0 aromatic heterocycles. The van der Waals surface area contributed by atoms with Crippen molar-refractivity contribution in [3.05, 3.63) is 29.8 Å². The molecule has 0 aliphatic carbocycles. The lowest BCUT2D eigenvalue weighted by atomic mass is 10.1. The van der Waals surface area contributed by atoms with Crippen molar-refractivity contribution < 1.29 is 21.6 Å². The van der Waals surface area contributed by atoms with Crippen molar-refractivity contribution in [3.8, 4) is 0 Å². The normalized spacial score (nSPS) is 16.1. The Balaban J connectivity index is 0.00000364. The van der Waals surface area contributed by atoms with Crippen molar-refractivity contribution in [1.29, 1.82) is 0 Å². The van der Waals surface area contributed by atoms with Gasteiger partial charge in [-0.15, -0.1) is 24.0 Å². The summed E-state index contributed by atoms with van der Waals surface area (Å²) in [6, 6.07) is 5.31. The molecule has 1 aromatic rings. The number of nitrogens with zero attached hydrogens (tertiary/aromatic N) is 3. The fourth-order valence-electron chi connectivity index (χ4n) is 2.74. The lowest BCUT2D eigenvalue weighted by molar-refractivity contribution is -0.137. The van der Waals surface area contributed by atoms with Crippen LogP contribution < -0.4 is 10.2 Å². The second-order valence-electron chi connectivity index (χ2n) is 6.13. The average Bonchev–Trinajstić information content (AvgIpc) is 2.57. The van der Waals surface area contributed by atoms with E-state index in [1.165, 1.54) is 12.3 Å². The quantitative estimate of drug-likeness (QED) is 0.374. The van der Waals surface area contributed by atoms with Crippen LogP contribution in [0.5, 0.6) is 0 Å². The molecular formula is C16H24F3IN4O2S. The van der Waals surface area contributed by atoms with Gasteiger partial charge in [0.1, 0.15) is 9.84 Å². The lowest BCUT2D eigenvalue weighted by Gasteiger charge is -2.37. The van der Waals surface area contributed by atoms with Crippen LogP contribution in [0.3, 0.4) is 0 Å². The number of aliphatic imine (C=N–C) groups is 1. The van der Waals surface area contributed by atoms with Gasteiger partial charge in [-0.05, 0) is 18.2 Å². The summed E-state index contributed by atoms with van der Waals surface area (Å²) in [5.41, 5.74) is -0.116. The zero-order chi connectivity index (χ0) is 19.4. The molecule has 1 aromatic carbocycles. The molecule has 0 unspecified atom stereocenters. The summed E-state index contributed by atoms with van der Waals surface area (Å²) in [4.78, 5) is 8.01. The predicted molar refractivity (Wildman–Crippen MR) is 112 cm³/mol. The minimum atomic E-state index is -4.36. The fraction of sp³-hybridized carbons (Fsp3) is 0.562. The van der Waals surface area contributed by atoms with Gasteiger partial charge in [-0.25, -0.2) is 8.42 Å². The Kier molecular flexibility index (Phi) is 8.64. The molecule has 2 rings (SSSR count). The van der Waals surface area contributed by atoms with E-state index in [0.29, 0.717) is 37.8 Å². The number of sulfone groups is 1. The maximum absolute atomic E-state index is 12.9. The Hall–Kier alpha value is -1.24. The second kappa shape index (κ2) is 9.80. The number of anilines is 1. The zero-order valence-electron chi connectivity index (χ0n) is 15.2. The van der Waals surface area contributed by atoms with Crippen LogP contribution in [0.15, 0.2) is 29.3 Å². The molecule has 0 atom stereocenters. The van der Waals surface area contributed by atoms with Crippen molar-refractivity contribution in [2.75, 3.05) is 56.7 Å². The summed E-state index contributed by atoms with van der Waals surface area (Å²) < 4.78 is 61.0. The molecule has 0 amide bonds. The van der Waals surface area contributed by atoms with E-state index < -0.39 is 21.6 Å². The van der Waals surface area contributed by atoms with E-state index in [4.69, 9.17) is 0 Å². The minimum Gasteiger partial charge on any atom is -0.368 e. The van der Waals surface area contributed by atoms with Crippen LogP contribution in [0.1, 0.15) is 5.56 Å². The van der Waals surface area contributed by atoms with Gasteiger partial charge < -0.3 is 15.1 Å². The first kappa shape index (κ1) is 23.8. The van der Waals surface area contributed by atoms with Gasteiger partial charge in [-0.2, -0.15) is 13.2 Å². The summed E-state index contributed by atoms with van der Waals surface area (Å²) in [5, 5.41) is 3.01. The standard InChI is InChI=1S/C16H23F3N4O2S.HI/c1-20-15(21-6-11-26(2,24)25)23-9-7-22(8-10-23)14-5-3-4-13(12-14)16(17,18)19;/h3-5,12H,6-11H2,1-2H3,(H,20,21);1H. The predicted octanol–water partition coefficient (Wildman–Crippen LogP) is 2.07. The molecule has 0 saturated carbocycles. The first-order valence-corrected chi connectivity index (χ1v) is 10.2. The number of benzene rings is 1. The fourth-order valence-corrected chi connectivity index (χ4v) is 3.21. The number of rotatable bonds is 4. The van der Waals surface area contributed by atoms with E-state index in [2.05, 4.69) is 10.3 Å². The average molecular weight is 520 g/mol. The summed E-state index contributed by atoms with van der Waals surface area (Å²) >= 11 is 0. The van der Waals surface area contributed by atoms with E-state index in [0.717, 1.165) is 12.1 Å². The van der Waals surface area contributed by atoms with Crippen LogP contribution in [-0.2, 0) is 16.0 Å². The largest absolute Gasteiger partial charge is 0.416 e. The Morgan fingerprint density at radius 2 is 1.85 bits per heavy atom. The molecule has 1 fully saturated rings. The number of alkyl halides is 3. The summed E-state index contributed by atoms with van der Waals surface area (Å²) in [6.45, 7) is 2.52. The summed E-state index contributed by atoms with van der Waals surface area (Å²) in [5.74, 6) is 0.605. The van der Waals surface area contributed by atoms with E-state index in [-0.39, 0.29) is 36.3 Å². The monoisotopic (exact) mass is 520 g/mol. The van der Waals surface area contributed by atoms with Crippen molar-refractivity contribution >= 4 is 45.5 Å². The van der Waals surface area contributed by atoms with Gasteiger partial charge in [0, 0.05) is 51.7 Å². The molecular weight excluding hydrogens is 496 g/mol. The van der Waals surface area contributed by atoms with Gasteiger partial charge in [0.2, 0.25) is 0 Å². The van der Waals surface area contributed by atoms with Crippen LogP contribution in [0, 0.1) is 0 Å². The number of guanidine groups is 1. The van der Waals surface area contributed by atoms with Crippen molar-refractivity contribution in [2.24, 2.45) is 4.99 Å². The van der Waals surface area contributed by atoms with E-state index in [1.807, 2.05) is 9.80 Å². The van der Waals surface area contributed by atoms with Gasteiger partial charge >= 0.3 is 6.18 Å². The smallest absolute Gasteiger partial charge is 0.368 e. The lowest BCUT2D eigenvalue weighted by Crippen LogP contribution is -2.53. The Morgan fingerprint density at radius 1 is 1.22 bits per heavy atom. The maximum Gasteiger partial charge on any atom is 0.416 e. The summed E-state index contributed by atoms with van der Waals surface area (Å²) in [6.07, 6.45) is -3.19. The van der Waals surface area contributed by atoms with Crippen molar-refractivity contribution in [3.63, 3.8) is 0 Å². The molecule has 1 heterocycles. The van der Waals surface area contributed by atoms with E-state index >= 15 is 0 Å². The third-order valence-corrected chi connectivity index (χ3v) is 5.03. The highest BCUT2D eigenvalue weighted by Gasteiger charge is 2.31. The second-order valence-corrected chi connectivity index (χ2v) is 8.39. The number of piperazine rings is 1. The third-order valence-electron chi connectivity index (χ3n) is 4.09. The van der Waals surface area contributed by atoms with Crippen LogP contribution in [0.25, 0.3) is 0 Å². The molecule has 1 saturated heterocycles. The third kappa shape index (κ3) is 7.35. The van der Waals surface area contributed by atoms with E-state index in [1.54, 1.807) is 13.1 Å². The molecule has 1 aliphatic heterocycles. The number of halogens is 4. The van der Waals surface area contributed by atoms with Gasteiger partial charge in [0.05, 0.1) is 11.3 Å². The highest BCUT2D eigenvalue weighted by atomic mass is 127. The highest BCUT2D eigenvalue weighted by molar-refractivity contribution is 14.0. The van der Waals surface area contributed by atoms with Crippen molar-refractivity contribution in [1.82, 2.24) is 10.2 Å². The van der Waals surface area contributed by atoms with Gasteiger partial charge in [-0.3, -0.25) is 4.99 Å². The Bertz CT molecular complexity index is 748. The topological polar surface area (TPSA) is 65.0 Å². The number of hydrogen-bond acceptors (Lipinski definition) is 4. The summed E-state index contributed by atoms with van der Waals surface area (Å²) in [7, 11) is -1.44. The molecule has 0 bridgehead atoms. The van der Waals surface area contributed by atoms with Crippen LogP contribution in [-0.4, -0.2) is 71.1 Å². The Labute approximate surface area is 174 Å². The molecule has 0 radical (unpaired) electrons. The molecule has 154 valence electrons. The van der Waals surface area contributed by atoms with Crippen LogP contribution in [0.4, 0.5) is 18.9 Å². The van der Waals surface area contributed by atoms with Crippen LogP contribution >= 0.6 is 24.0 Å². The molecule has 27 heavy (non-hydrogen) atoms. The highest BCUT2D eigenvalue weighted by Crippen LogP contribution is 2.31. The first-order chi connectivity index (χ1) is 12.1. The maximum atomic E-state index is 12.9. The van der Waals surface area contributed by atoms with Crippen molar-refractivity contribution in [2.45, 2.75) is 6.18 Å². The SMILES string of the molecule is CN=C(NCCS(C)(=O)=O)N1CCN(c2cccc(C(F)(F)F)c2)CC1.I. The molecule has 0 spiro atoms. The van der Waals surface area contributed by atoms with Crippen LogP contribution in [0.2, 0.25) is 0 Å². The number of hydrogen-bond donors (Lipinski definition) is 1. The number of nitrogens with one attached hydrogen (secondary N) is 1. The van der Waals surface area contributed by atoms with Gasteiger partial charge in [-0.1, -0.05) is 6.07 Å². The zero-order valence-corrected chi connectivity index (χ0v) is 18.3. The molecule has 11 heteroatoms. The molecule has 1 N–H and O–H groups in total. The minimum absolute atomic E-state index is 0. The van der Waals surface area contributed by atoms with E-state index in [9.17, 15) is 21.6 Å². The molecule has 6 nitrogen and oxygen atoms in total. The molecule has 1 aliphatic rings. The first-order valence-electron chi connectivity index (χ1n) is 8.16. The Morgan fingerprint density at radius 3 is 2.37 bits per heavy atom.